The van der Waals surface area contributed by atoms with Crippen LogP contribution in [-0.2, 0) is 4.79 Å². The maximum absolute atomic E-state index is 12.1. The Balaban J connectivity index is 1.23. The second-order valence-electron chi connectivity index (χ2n) is 7.71. The molecule has 4 nitrogen and oxygen atoms in total. The molecule has 4 aromatic carbocycles. The van der Waals surface area contributed by atoms with Crippen molar-refractivity contribution in [1.29, 1.82) is 0 Å². The van der Waals surface area contributed by atoms with Gasteiger partial charge in [0.05, 0.1) is 11.8 Å². The molecule has 1 aliphatic heterocycles. The van der Waals surface area contributed by atoms with Gasteiger partial charge < -0.3 is 10.2 Å². The summed E-state index contributed by atoms with van der Waals surface area (Å²) in [4.78, 5) is 12.1. The quantitative estimate of drug-likeness (QED) is 0.249. The molecule has 0 amide bonds. The van der Waals surface area contributed by atoms with Crippen molar-refractivity contribution >= 4 is 28.5 Å². The third-order valence-electron chi connectivity index (χ3n) is 5.57. The summed E-state index contributed by atoms with van der Waals surface area (Å²) >= 11 is 0. The van der Waals surface area contributed by atoms with Gasteiger partial charge in [-0.2, -0.15) is 5.10 Å². The van der Waals surface area contributed by atoms with E-state index in [0.717, 1.165) is 28.8 Å². The topological polar surface area (TPSA) is 50.7 Å². The molecule has 1 unspecified atom stereocenters. The summed E-state index contributed by atoms with van der Waals surface area (Å²) in [6, 6.07) is 32.0. The molecule has 32 heavy (non-hydrogen) atoms. The van der Waals surface area contributed by atoms with Crippen LogP contribution in [0, 0.1) is 0 Å². The Labute approximate surface area is 186 Å². The van der Waals surface area contributed by atoms with Gasteiger partial charge in [-0.15, -0.1) is 0 Å². The molecule has 0 fully saturated rings. The standard InChI is InChI=1S/C28H22N2O2/c31-28(18-13-20-7-2-1-3-8-20)32-23-16-14-22(15-17-23)26-19-27(30-29-26)25-12-6-10-21-9-4-5-11-24(21)25/h1-18,26,29H,19H2/b18-13-. The molecule has 0 aliphatic carbocycles. The van der Waals surface area contributed by atoms with Gasteiger partial charge in [-0.05, 0) is 40.1 Å². The predicted molar refractivity (Wildman–Crippen MR) is 129 cm³/mol. The molecule has 1 N–H and O–H groups in total. The first kappa shape index (κ1) is 19.8. The Morgan fingerprint density at radius 3 is 2.47 bits per heavy atom. The average Bonchev–Trinajstić information content (AvgIpc) is 3.34. The lowest BCUT2D eigenvalue weighted by molar-refractivity contribution is -0.128. The van der Waals surface area contributed by atoms with E-state index >= 15 is 0 Å². The SMILES string of the molecule is O=C(/C=C\c1ccccc1)Oc1ccc(C2CC(c3cccc4ccccc34)=NN2)cc1. The first-order chi connectivity index (χ1) is 15.8. The zero-order valence-electron chi connectivity index (χ0n) is 17.4. The van der Waals surface area contributed by atoms with Crippen molar-refractivity contribution < 1.29 is 9.53 Å². The van der Waals surface area contributed by atoms with Gasteiger partial charge >= 0.3 is 5.97 Å². The minimum absolute atomic E-state index is 0.0895. The Morgan fingerprint density at radius 1 is 0.875 bits per heavy atom. The molecule has 1 aliphatic rings. The number of carbonyl (C=O) groups excluding carboxylic acids is 1. The van der Waals surface area contributed by atoms with Gasteiger partial charge in [0.2, 0.25) is 0 Å². The van der Waals surface area contributed by atoms with Gasteiger partial charge in [0.15, 0.2) is 0 Å². The number of hydrogen-bond acceptors (Lipinski definition) is 4. The lowest BCUT2D eigenvalue weighted by Crippen LogP contribution is -2.10. The second kappa shape index (κ2) is 8.90. The minimum Gasteiger partial charge on any atom is -0.423 e. The normalized spacial score (nSPS) is 15.5. The van der Waals surface area contributed by atoms with E-state index in [1.54, 1.807) is 6.08 Å². The second-order valence-corrected chi connectivity index (χ2v) is 7.71. The van der Waals surface area contributed by atoms with Crippen LogP contribution in [0.4, 0.5) is 0 Å². The van der Waals surface area contributed by atoms with Crippen molar-refractivity contribution in [3.63, 3.8) is 0 Å². The van der Waals surface area contributed by atoms with Crippen LogP contribution in [0.5, 0.6) is 5.75 Å². The Bertz CT molecular complexity index is 1300. The highest BCUT2D eigenvalue weighted by molar-refractivity contribution is 6.11. The zero-order chi connectivity index (χ0) is 21.8. The number of benzene rings is 4. The van der Waals surface area contributed by atoms with Crippen LogP contribution >= 0.6 is 0 Å². The van der Waals surface area contributed by atoms with E-state index in [-0.39, 0.29) is 6.04 Å². The highest BCUT2D eigenvalue weighted by atomic mass is 16.5. The number of fused-ring (bicyclic) bond motifs is 1. The predicted octanol–water partition coefficient (Wildman–Crippen LogP) is 5.90. The monoisotopic (exact) mass is 418 g/mol. The van der Waals surface area contributed by atoms with Crippen molar-refractivity contribution in [1.82, 2.24) is 5.43 Å². The molecular formula is C28H22N2O2. The van der Waals surface area contributed by atoms with Gasteiger partial charge in [-0.1, -0.05) is 84.9 Å². The Kier molecular flexibility index (Phi) is 5.50. The lowest BCUT2D eigenvalue weighted by atomic mass is 9.95. The van der Waals surface area contributed by atoms with Crippen molar-refractivity contribution in [2.24, 2.45) is 5.10 Å². The van der Waals surface area contributed by atoms with Crippen LogP contribution in [-0.4, -0.2) is 11.7 Å². The third-order valence-corrected chi connectivity index (χ3v) is 5.57. The van der Waals surface area contributed by atoms with Gasteiger partial charge in [0.1, 0.15) is 5.75 Å². The van der Waals surface area contributed by atoms with Crippen LogP contribution in [0.15, 0.2) is 108 Å². The lowest BCUT2D eigenvalue weighted by Gasteiger charge is -2.11. The largest absolute Gasteiger partial charge is 0.423 e. The van der Waals surface area contributed by atoms with Crippen molar-refractivity contribution in [3.8, 4) is 5.75 Å². The van der Waals surface area contributed by atoms with Crippen LogP contribution in [0.25, 0.3) is 16.8 Å². The van der Waals surface area contributed by atoms with Crippen LogP contribution < -0.4 is 10.2 Å². The molecule has 0 aromatic heterocycles. The molecule has 156 valence electrons. The maximum Gasteiger partial charge on any atom is 0.336 e. The summed E-state index contributed by atoms with van der Waals surface area (Å²) in [5.74, 6) is 0.117. The third kappa shape index (κ3) is 4.30. The number of nitrogens with one attached hydrogen (secondary N) is 1. The zero-order valence-corrected chi connectivity index (χ0v) is 17.4. The van der Waals surface area contributed by atoms with Gasteiger partial charge in [0.25, 0.3) is 0 Å². The molecule has 1 atom stereocenters. The minimum atomic E-state index is -0.401. The highest BCUT2D eigenvalue weighted by Crippen LogP contribution is 2.29. The molecule has 0 spiro atoms. The Morgan fingerprint density at radius 2 is 1.62 bits per heavy atom. The molecule has 0 saturated carbocycles. The van der Waals surface area contributed by atoms with Crippen LogP contribution in [0.2, 0.25) is 0 Å². The molecule has 4 aromatic rings. The van der Waals surface area contributed by atoms with Crippen molar-refractivity contribution in [2.75, 3.05) is 0 Å². The maximum atomic E-state index is 12.1. The van der Waals surface area contributed by atoms with Gasteiger partial charge in [-0.3, -0.25) is 0 Å². The van der Waals surface area contributed by atoms with E-state index in [1.165, 1.54) is 16.8 Å². The highest BCUT2D eigenvalue weighted by Gasteiger charge is 2.22. The summed E-state index contributed by atoms with van der Waals surface area (Å²) in [5.41, 5.74) is 7.52. The summed E-state index contributed by atoms with van der Waals surface area (Å²) in [6.07, 6.45) is 3.98. The molecule has 1 heterocycles. The number of esters is 1. The molecule has 0 radical (unpaired) electrons. The van der Waals surface area contributed by atoms with E-state index in [2.05, 4.69) is 53.0 Å². The van der Waals surface area contributed by atoms with Gasteiger partial charge in [0, 0.05) is 18.1 Å². The fourth-order valence-corrected chi connectivity index (χ4v) is 3.93. The first-order valence-corrected chi connectivity index (χ1v) is 10.6. The smallest absolute Gasteiger partial charge is 0.336 e. The summed E-state index contributed by atoms with van der Waals surface area (Å²) in [5, 5.41) is 7.03. The van der Waals surface area contributed by atoms with Crippen molar-refractivity contribution in [3.05, 3.63) is 120 Å². The summed E-state index contributed by atoms with van der Waals surface area (Å²) in [7, 11) is 0. The number of carbonyl (C=O) groups is 1. The number of ether oxygens (including phenoxy) is 1. The summed E-state index contributed by atoms with van der Waals surface area (Å²) in [6.45, 7) is 0. The van der Waals surface area contributed by atoms with Crippen LogP contribution in [0.1, 0.15) is 29.2 Å². The van der Waals surface area contributed by atoms with Crippen molar-refractivity contribution in [2.45, 2.75) is 12.5 Å². The number of hydrazone groups is 1. The molecular weight excluding hydrogens is 396 g/mol. The molecule has 4 heteroatoms. The van der Waals surface area contributed by atoms with Crippen LogP contribution in [0.3, 0.4) is 0 Å². The molecule has 5 rings (SSSR count). The number of nitrogens with zero attached hydrogens (tertiary/aromatic N) is 1. The molecule has 0 bridgehead atoms. The first-order valence-electron chi connectivity index (χ1n) is 10.6. The van der Waals surface area contributed by atoms with E-state index in [4.69, 9.17) is 4.74 Å². The fraction of sp³-hybridized carbons (Fsp3) is 0.0714. The molecule has 0 saturated heterocycles. The van der Waals surface area contributed by atoms with E-state index in [9.17, 15) is 4.79 Å². The van der Waals surface area contributed by atoms with E-state index < -0.39 is 5.97 Å². The number of hydrogen-bond donors (Lipinski definition) is 1. The van der Waals surface area contributed by atoms with E-state index in [0.29, 0.717) is 5.75 Å². The fourth-order valence-electron chi connectivity index (χ4n) is 3.93. The number of rotatable bonds is 5. The average molecular weight is 418 g/mol. The summed E-state index contributed by atoms with van der Waals surface area (Å²) < 4.78 is 5.42. The Hall–Kier alpha value is -4.18. The van der Waals surface area contributed by atoms with Gasteiger partial charge in [-0.25, -0.2) is 4.79 Å². The van der Waals surface area contributed by atoms with E-state index in [1.807, 2.05) is 54.6 Å².